The summed E-state index contributed by atoms with van der Waals surface area (Å²) in [5.41, 5.74) is 13.2. The largest absolute Gasteiger partial charge is 0.310 e. The van der Waals surface area contributed by atoms with Crippen LogP contribution in [-0.4, -0.2) is 0 Å². The Bertz CT molecular complexity index is 2530. The summed E-state index contributed by atoms with van der Waals surface area (Å²) in [4.78, 5) is 4.65. The topological polar surface area (TPSA) is 6.48 Å². The van der Waals surface area contributed by atoms with E-state index < -0.39 is 0 Å². The van der Waals surface area contributed by atoms with Gasteiger partial charge in [-0.15, -0.1) is 6.58 Å². The molecule has 2 nitrogen and oxygen atoms in total. The Morgan fingerprint density at radius 3 is 0.966 bits per heavy atom. The second kappa shape index (κ2) is 18.0. The molecule has 0 saturated carbocycles. The first-order valence-corrected chi connectivity index (χ1v) is 19.7. The molecule has 0 heterocycles. The fourth-order valence-electron chi connectivity index (χ4n) is 7.34. The third-order valence-corrected chi connectivity index (χ3v) is 10.4. The lowest BCUT2D eigenvalue weighted by Gasteiger charge is -2.28. The van der Waals surface area contributed by atoms with Crippen LogP contribution in [0, 0.1) is 0 Å². The van der Waals surface area contributed by atoms with Crippen LogP contribution < -0.4 is 9.80 Å². The van der Waals surface area contributed by atoms with Gasteiger partial charge < -0.3 is 9.80 Å². The summed E-state index contributed by atoms with van der Waals surface area (Å²) in [5, 5.41) is 4.67. The zero-order chi connectivity index (χ0) is 40.4. The molecule has 8 aromatic carbocycles. The molecule has 0 aliphatic carbocycles. The maximum absolute atomic E-state index is 4.07. The van der Waals surface area contributed by atoms with Crippen molar-refractivity contribution >= 4 is 80.0 Å². The summed E-state index contributed by atoms with van der Waals surface area (Å²) in [7, 11) is 0. The van der Waals surface area contributed by atoms with E-state index >= 15 is 0 Å². The van der Waals surface area contributed by atoms with E-state index in [4.69, 9.17) is 0 Å². The molecular weight excluding hydrogens is 701 g/mol. The highest BCUT2D eigenvalue weighted by Gasteiger charge is 2.18. The van der Waals surface area contributed by atoms with E-state index in [1.807, 2.05) is 30.4 Å². The number of nitrogens with zero attached hydrogens (tertiary/aromatic N) is 2. The second-order valence-electron chi connectivity index (χ2n) is 13.9. The van der Waals surface area contributed by atoms with Crippen LogP contribution in [-0.2, 0) is 0 Å². The van der Waals surface area contributed by atoms with E-state index in [9.17, 15) is 0 Å². The Labute approximate surface area is 344 Å². The predicted octanol–water partition coefficient (Wildman–Crippen LogP) is 16.8. The van der Waals surface area contributed by atoms with Gasteiger partial charge in [-0.3, -0.25) is 0 Å². The van der Waals surface area contributed by atoms with Crippen molar-refractivity contribution in [3.05, 3.63) is 231 Å². The van der Waals surface area contributed by atoms with Gasteiger partial charge in [0.1, 0.15) is 0 Å². The summed E-state index contributed by atoms with van der Waals surface area (Å²) in [6.45, 7) is 21.6. The molecule has 0 aliphatic heterocycles. The fourth-order valence-corrected chi connectivity index (χ4v) is 7.34. The first kappa shape index (κ1) is 38.8. The van der Waals surface area contributed by atoms with Gasteiger partial charge in [0, 0.05) is 33.5 Å². The maximum atomic E-state index is 4.07. The van der Waals surface area contributed by atoms with Crippen LogP contribution in [0.1, 0.15) is 35.6 Å². The lowest BCUT2D eigenvalue weighted by molar-refractivity contribution is 1.23. The fraction of sp³-hybridized carbons (Fsp3) is 0.0357. The molecule has 58 heavy (non-hydrogen) atoms. The Kier molecular flexibility index (Phi) is 12.1. The van der Waals surface area contributed by atoms with Crippen molar-refractivity contribution in [1.29, 1.82) is 0 Å². The van der Waals surface area contributed by atoms with Gasteiger partial charge in [0.05, 0.1) is 11.4 Å². The van der Waals surface area contributed by atoms with E-state index in [1.165, 1.54) is 10.8 Å². The van der Waals surface area contributed by atoms with Gasteiger partial charge in [-0.1, -0.05) is 173 Å². The van der Waals surface area contributed by atoms with Crippen LogP contribution in [0.4, 0.5) is 34.1 Å². The molecule has 0 amide bonds. The van der Waals surface area contributed by atoms with E-state index in [2.05, 4.69) is 219 Å². The summed E-state index contributed by atoms with van der Waals surface area (Å²) in [5.74, 6) is 0. The van der Waals surface area contributed by atoms with E-state index in [0.29, 0.717) is 0 Å². The van der Waals surface area contributed by atoms with Gasteiger partial charge >= 0.3 is 0 Å². The van der Waals surface area contributed by atoms with Crippen LogP contribution in [0.3, 0.4) is 0 Å². The first-order chi connectivity index (χ1) is 28.5. The first-order valence-electron chi connectivity index (χ1n) is 19.7. The van der Waals surface area contributed by atoms with Gasteiger partial charge in [-0.05, 0) is 111 Å². The van der Waals surface area contributed by atoms with Gasteiger partial charge in [0.2, 0.25) is 0 Å². The Balaban J connectivity index is 0.00000122. The minimum Gasteiger partial charge on any atom is -0.310 e. The van der Waals surface area contributed by atoms with Crippen molar-refractivity contribution in [2.75, 3.05) is 9.80 Å². The predicted molar refractivity (Wildman–Crippen MR) is 257 cm³/mol. The Hall–Kier alpha value is -7.42. The number of anilines is 6. The molecule has 0 atom stereocenters. The SMILES string of the molecule is C=CCC.C=Cc1ccc(N(c2ccc(-c3ccc(N(c4ccc(C=C)cc4)c4ccc(C=C)c5ccccc45)cc3)cc2)c2ccc(C=C)c3ccccc23)cc1. The number of rotatable bonds is 12. The Morgan fingerprint density at radius 1 is 0.362 bits per heavy atom. The van der Waals surface area contributed by atoms with Crippen molar-refractivity contribution in [3.63, 3.8) is 0 Å². The van der Waals surface area contributed by atoms with Gasteiger partial charge in [-0.2, -0.15) is 0 Å². The zero-order valence-corrected chi connectivity index (χ0v) is 33.2. The summed E-state index contributed by atoms with van der Waals surface area (Å²) < 4.78 is 0. The average molecular weight is 749 g/mol. The monoisotopic (exact) mass is 748 g/mol. The minimum absolute atomic E-state index is 1.07. The smallest absolute Gasteiger partial charge is 0.0540 e. The zero-order valence-electron chi connectivity index (χ0n) is 33.2. The van der Waals surface area contributed by atoms with E-state index in [1.54, 1.807) is 0 Å². The molecule has 0 fully saturated rings. The van der Waals surface area contributed by atoms with Crippen molar-refractivity contribution in [1.82, 2.24) is 0 Å². The van der Waals surface area contributed by atoms with Gasteiger partial charge in [-0.25, -0.2) is 0 Å². The van der Waals surface area contributed by atoms with Crippen LogP contribution in [0.2, 0.25) is 0 Å². The number of allylic oxidation sites excluding steroid dienone is 1. The highest BCUT2D eigenvalue weighted by atomic mass is 15.1. The summed E-state index contributed by atoms with van der Waals surface area (Å²) in [6.07, 6.45) is 10.6. The summed E-state index contributed by atoms with van der Waals surface area (Å²) in [6, 6.07) is 60.5. The van der Waals surface area contributed by atoms with Crippen LogP contribution in [0.25, 0.3) is 57.0 Å². The van der Waals surface area contributed by atoms with Crippen molar-refractivity contribution in [3.8, 4) is 11.1 Å². The van der Waals surface area contributed by atoms with Crippen molar-refractivity contribution < 1.29 is 0 Å². The molecule has 282 valence electrons. The van der Waals surface area contributed by atoms with E-state index in [0.717, 1.165) is 84.7 Å². The normalized spacial score (nSPS) is 10.6. The van der Waals surface area contributed by atoms with Gasteiger partial charge in [0.15, 0.2) is 0 Å². The van der Waals surface area contributed by atoms with Gasteiger partial charge in [0.25, 0.3) is 0 Å². The quantitative estimate of drug-likeness (QED) is 0.115. The lowest BCUT2D eigenvalue weighted by atomic mass is 10.00. The molecule has 0 aliphatic rings. The lowest BCUT2D eigenvalue weighted by Crippen LogP contribution is -2.11. The Morgan fingerprint density at radius 2 is 0.672 bits per heavy atom. The molecule has 0 radical (unpaired) electrons. The molecule has 0 spiro atoms. The van der Waals surface area contributed by atoms with Crippen molar-refractivity contribution in [2.24, 2.45) is 0 Å². The molecule has 8 rings (SSSR count). The minimum atomic E-state index is 1.07. The number of fused-ring (bicyclic) bond motifs is 2. The van der Waals surface area contributed by atoms with Crippen molar-refractivity contribution in [2.45, 2.75) is 13.3 Å². The average Bonchev–Trinajstić information content (AvgIpc) is 3.30. The molecule has 0 unspecified atom stereocenters. The highest BCUT2D eigenvalue weighted by molar-refractivity contribution is 6.04. The van der Waals surface area contributed by atoms with E-state index in [-0.39, 0.29) is 0 Å². The highest BCUT2D eigenvalue weighted by Crippen LogP contribution is 2.43. The second-order valence-corrected chi connectivity index (χ2v) is 13.9. The van der Waals surface area contributed by atoms with Crippen LogP contribution >= 0.6 is 0 Å². The number of hydrogen-bond acceptors (Lipinski definition) is 2. The molecular formula is C56H48N2. The number of benzene rings is 8. The summed E-state index contributed by atoms with van der Waals surface area (Å²) >= 11 is 0. The maximum Gasteiger partial charge on any atom is 0.0540 e. The standard InChI is InChI=1S/C52H40N2.C4H8/c1-5-37-17-27-43(28-18-37)53(51-35-25-39(7-3)47-13-9-11-15-49(47)51)45-31-21-41(22-32-45)42-23-33-46(34-24-42)54(44-29-19-38(6-2)20-30-44)52-36-26-40(8-4)48-14-10-12-16-50(48)52;1-3-4-2/h5-36H,1-4H2;3H,1,4H2,2H3. The molecule has 0 N–H and O–H groups in total. The molecule has 0 bridgehead atoms. The van der Waals surface area contributed by atoms with Crippen LogP contribution in [0.15, 0.2) is 209 Å². The number of hydrogen-bond donors (Lipinski definition) is 0. The molecule has 2 heteroatoms. The van der Waals surface area contributed by atoms with Crippen LogP contribution in [0.5, 0.6) is 0 Å². The molecule has 0 aromatic heterocycles. The third kappa shape index (κ3) is 7.95. The molecule has 8 aromatic rings. The third-order valence-electron chi connectivity index (χ3n) is 10.4. The molecule has 0 saturated heterocycles.